The van der Waals surface area contributed by atoms with Gasteiger partial charge in [-0.15, -0.1) is 0 Å². The highest BCUT2D eigenvalue weighted by Gasteiger charge is 2.36. The molecule has 4 rings (SSSR count). The van der Waals surface area contributed by atoms with E-state index in [4.69, 9.17) is 16.3 Å². The van der Waals surface area contributed by atoms with E-state index in [9.17, 15) is 14.0 Å². The van der Waals surface area contributed by atoms with Gasteiger partial charge < -0.3 is 14.5 Å². The van der Waals surface area contributed by atoms with Gasteiger partial charge in [-0.2, -0.15) is 5.10 Å². The standard InChI is InChI=1S/C21H24ClFN4O3/c1-13-9-27-19(18(8-24-27)26-10-15(12-30-2)7-21(26)29)11-25(13)20(28)6-14-3-4-17(23)16(22)5-14/h3-5,8,13,15H,6-7,9-12H2,1-2H3/t13-,15?/m0/s1. The van der Waals surface area contributed by atoms with Crippen LogP contribution in [0.2, 0.25) is 5.02 Å². The quantitative estimate of drug-likeness (QED) is 0.725. The van der Waals surface area contributed by atoms with Crippen LogP contribution in [0, 0.1) is 11.7 Å². The lowest BCUT2D eigenvalue weighted by atomic mass is 10.1. The lowest BCUT2D eigenvalue weighted by Gasteiger charge is -2.35. The van der Waals surface area contributed by atoms with Crippen LogP contribution < -0.4 is 4.90 Å². The second kappa shape index (κ2) is 8.35. The zero-order valence-electron chi connectivity index (χ0n) is 17.0. The SMILES string of the molecule is COCC1CC(=O)N(c2cnn3c2CN(C(=O)Cc2ccc(F)c(Cl)c2)[C@@H](C)C3)C1. The van der Waals surface area contributed by atoms with Crippen LogP contribution >= 0.6 is 11.6 Å². The number of amides is 2. The molecule has 160 valence electrons. The van der Waals surface area contributed by atoms with E-state index in [1.165, 1.54) is 12.1 Å². The Morgan fingerprint density at radius 2 is 2.17 bits per heavy atom. The minimum atomic E-state index is -0.505. The molecule has 0 spiro atoms. The smallest absolute Gasteiger partial charge is 0.227 e. The first-order valence-electron chi connectivity index (χ1n) is 9.94. The molecule has 1 unspecified atom stereocenters. The average Bonchev–Trinajstić information content (AvgIpc) is 3.26. The van der Waals surface area contributed by atoms with Crippen molar-refractivity contribution in [3.05, 3.63) is 46.5 Å². The summed E-state index contributed by atoms with van der Waals surface area (Å²) in [4.78, 5) is 29.1. The van der Waals surface area contributed by atoms with Gasteiger partial charge in [0.1, 0.15) is 5.82 Å². The van der Waals surface area contributed by atoms with E-state index in [-0.39, 0.29) is 35.2 Å². The second-order valence-corrected chi connectivity index (χ2v) is 8.39. The molecule has 1 aromatic carbocycles. The van der Waals surface area contributed by atoms with E-state index in [1.807, 2.05) is 11.6 Å². The number of halogens is 2. The molecule has 7 nitrogen and oxygen atoms in total. The van der Waals surface area contributed by atoms with Gasteiger partial charge in [0, 0.05) is 32.0 Å². The third-order valence-electron chi connectivity index (χ3n) is 5.77. The normalized spacial score (nSPS) is 21.3. The van der Waals surface area contributed by atoms with E-state index in [0.717, 1.165) is 11.4 Å². The summed E-state index contributed by atoms with van der Waals surface area (Å²) in [6.45, 7) is 4.00. The Hall–Kier alpha value is -2.45. The molecule has 9 heteroatoms. The summed E-state index contributed by atoms with van der Waals surface area (Å²) in [5.74, 6) is -0.379. The minimum absolute atomic E-state index is 0.00511. The van der Waals surface area contributed by atoms with Gasteiger partial charge in [0.25, 0.3) is 0 Å². The minimum Gasteiger partial charge on any atom is -0.384 e. The van der Waals surface area contributed by atoms with Crippen molar-refractivity contribution in [2.75, 3.05) is 25.2 Å². The Morgan fingerprint density at radius 1 is 1.37 bits per heavy atom. The maximum atomic E-state index is 13.4. The van der Waals surface area contributed by atoms with Crippen molar-refractivity contribution in [2.24, 2.45) is 5.92 Å². The van der Waals surface area contributed by atoms with Crippen LogP contribution in [-0.2, 0) is 33.8 Å². The number of nitrogens with zero attached hydrogens (tertiary/aromatic N) is 4. The Bertz CT molecular complexity index is 979. The van der Waals surface area contributed by atoms with Crippen LogP contribution in [0.4, 0.5) is 10.1 Å². The zero-order chi connectivity index (χ0) is 21.4. The lowest BCUT2D eigenvalue weighted by Crippen LogP contribution is -2.46. The van der Waals surface area contributed by atoms with Crippen molar-refractivity contribution in [1.29, 1.82) is 0 Å². The number of aromatic nitrogens is 2. The number of methoxy groups -OCH3 is 1. The molecule has 2 aromatic rings. The molecular weight excluding hydrogens is 411 g/mol. The third-order valence-corrected chi connectivity index (χ3v) is 6.06. The van der Waals surface area contributed by atoms with E-state index >= 15 is 0 Å². The topological polar surface area (TPSA) is 67.7 Å². The van der Waals surface area contributed by atoms with Crippen LogP contribution in [0.5, 0.6) is 0 Å². The van der Waals surface area contributed by atoms with Gasteiger partial charge in [0.15, 0.2) is 0 Å². The molecule has 0 saturated carbocycles. The average molecular weight is 435 g/mol. The monoisotopic (exact) mass is 434 g/mol. The van der Waals surface area contributed by atoms with Crippen molar-refractivity contribution in [3.8, 4) is 0 Å². The molecule has 0 radical (unpaired) electrons. The molecule has 1 saturated heterocycles. The fraction of sp³-hybridized carbons (Fsp3) is 0.476. The molecule has 2 amide bonds. The Balaban J connectivity index is 1.52. The number of fused-ring (bicyclic) bond motifs is 1. The molecule has 0 aliphatic carbocycles. The third kappa shape index (κ3) is 3.94. The summed E-state index contributed by atoms with van der Waals surface area (Å²) in [5.41, 5.74) is 2.27. The van der Waals surface area contributed by atoms with E-state index in [0.29, 0.717) is 38.2 Å². The summed E-state index contributed by atoms with van der Waals surface area (Å²) in [7, 11) is 1.63. The highest BCUT2D eigenvalue weighted by molar-refractivity contribution is 6.30. The van der Waals surface area contributed by atoms with Crippen LogP contribution in [0.3, 0.4) is 0 Å². The van der Waals surface area contributed by atoms with Crippen molar-refractivity contribution in [1.82, 2.24) is 14.7 Å². The first-order chi connectivity index (χ1) is 14.4. The highest BCUT2D eigenvalue weighted by Crippen LogP contribution is 2.32. The van der Waals surface area contributed by atoms with Crippen LogP contribution in [0.15, 0.2) is 24.4 Å². The summed E-state index contributed by atoms with van der Waals surface area (Å²) in [5, 5.41) is 4.46. The van der Waals surface area contributed by atoms with Crippen molar-refractivity contribution in [2.45, 2.75) is 38.9 Å². The van der Waals surface area contributed by atoms with Gasteiger partial charge in [0.2, 0.25) is 11.8 Å². The summed E-state index contributed by atoms with van der Waals surface area (Å²) >= 11 is 5.85. The number of anilines is 1. The predicted molar refractivity (Wildman–Crippen MR) is 110 cm³/mol. The van der Waals surface area contributed by atoms with Gasteiger partial charge >= 0.3 is 0 Å². The van der Waals surface area contributed by atoms with Gasteiger partial charge in [-0.05, 0) is 24.6 Å². The van der Waals surface area contributed by atoms with Gasteiger partial charge in [-0.3, -0.25) is 14.3 Å². The fourth-order valence-electron chi connectivity index (χ4n) is 4.23. The van der Waals surface area contributed by atoms with E-state index in [1.54, 1.807) is 29.2 Å². The van der Waals surface area contributed by atoms with Crippen molar-refractivity contribution >= 4 is 29.1 Å². The van der Waals surface area contributed by atoms with Gasteiger partial charge in [0.05, 0.1) is 48.7 Å². The molecule has 2 atom stereocenters. The van der Waals surface area contributed by atoms with Crippen LogP contribution in [-0.4, -0.2) is 52.8 Å². The number of ether oxygens (including phenoxy) is 1. The largest absolute Gasteiger partial charge is 0.384 e. The molecular formula is C21H24ClFN4O3. The van der Waals surface area contributed by atoms with Gasteiger partial charge in [-0.1, -0.05) is 17.7 Å². The first kappa shape index (κ1) is 20.8. The zero-order valence-corrected chi connectivity index (χ0v) is 17.7. The molecule has 2 aliphatic rings. The number of carbonyl (C=O) groups is 2. The predicted octanol–water partition coefficient (Wildman–Crippen LogP) is 2.65. The number of rotatable bonds is 5. The molecule has 2 aliphatic heterocycles. The van der Waals surface area contributed by atoms with Crippen LogP contribution in [0.1, 0.15) is 24.6 Å². The molecule has 0 N–H and O–H groups in total. The number of hydrogen-bond acceptors (Lipinski definition) is 4. The molecule has 3 heterocycles. The molecule has 0 bridgehead atoms. The van der Waals surface area contributed by atoms with Gasteiger partial charge in [-0.25, -0.2) is 4.39 Å². The maximum Gasteiger partial charge on any atom is 0.227 e. The Morgan fingerprint density at radius 3 is 2.90 bits per heavy atom. The van der Waals surface area contributed by atoms with E-state index in [2.05, 4.69) is 5.10 Å². The Kier molecular flexibility index (Phi) is 5.79. The summed E-state index contributed by atoms with van der Waals surface area (Å²) < 4.78 is 20.5. The molecule has 1 aromatic heterocycles. The summed E-state index contributed by atoms with van der Waals surface area (Å²) in [6.07, 6.45) is 2.29. The maximum absolute atomic E-state index is 13.4. The Labute approximate surface area is 179 Å². The number of carbonyl (C=O) groups excluding carboxylic acids is 2. The highest BCUT2D eigenvalue weighted by atomic mass is 35.5. The number of hydrogen-bond donors (Lipinski definition) is 0. The van der Waals surface area contributed by atoms with Crippen molar-refractivity contribution in [3.63, 3.8) is 0 Å². The number of benzene rings is 1. The lowest BCUT2D eigenvalue weighted by molar-refractivity contribution is -0.134. The molecule has 30 heavy (non-hydrogen) atoms. The van der Waals surface area contributed by atoms with Crippen molar-refractivity contribution < 1.29 is 18.7 Å². The second-order valence-electron chi connectivity index (χ2n) is 7.98. The summed E-state index contributed by atoms with van der Waals surface area (Å²) in [6, 6.07) is 4.28. The van der Waals surface area contributed by atoms with E-state index < -0.39 is 5.82 Å². The molecule has 1 fully saturated rings. The fourth-order valence-corrected chi connectivity index (χ4v) is 4.44. The van der Waals surface area contributed by atoms with Crippen LogP contribution in [0.25, 0.3) is 0 Å². The first-order valence-corrected chi connectivity index (χ1v) is 10.3.